The van der Waals surface area contributed by atoms with Crippen LogP contribution in [0.2, 0.25) is 0 Å². The number of sulfonamides is 1. The molecule has 0 spiro atoms. The summed E-state index contributed by atoms with van der Waals surface area (Å²) in [6, 6.07) is 19.3. The number of rotatable bonds is 8. The molecular formula is C24H25NO6S. The fraction of sp³-hybridized carbons (Fsp3) is 0.250. The van der Waals surface area contributed by atoms with Gasteiger partial charge in [-0.2, -0.15) is 0 Å². The van der Waals surface area contributed by atoms with Gasteiger partial charge in [-0.25, -0.2) is 13.1 Å². The predicted octanol–water partition coefficient (Wildman–Crippen LogP) is 3.74. The number of nitrogens with one attached hydrogen (secondary N) is 1. The topological polar surface area (TPSA) is 83.1 Å². The molecule has 1 unspecified atom stereocenters. The van der Waals surface area contributed by atoms with Crippen molar-refractivity contribution in [2.24, 2.45) is 0 Å². The quantitative estimate of drug-likeness (QED) is 0.557. The van der Waals surface area contributed by atoms with Crippen molar-refractivity contribution in [3.05, 3.63) is 77.9 Å². The Morgan fingerprint density at radius 2 is 1.66 bits per heavy atom. The van der Waals surface area contributed by atoms with Gasteiger partial charge < -0.3 is 18.9 Å². The van der Waals surface area contributed by atoms with E-state index in [1.807, 2.05) is 48.5 Å². The summed E-state index contributed by atoms with van der Waals surface area (Å²) in [6.45, 7) is 0.943. The molecule has 0 fully saturated rings. The maximum atomic E-state index is 13.4. The first-order valence-corrected chi connectivity index (χ1v) is 11.7. The first-order chi connectivity index (χ1) is 15.5. The van der Waals surface area contributed by atoms with E-state index in [0.29, 0.717) is 36.9 Å². The lowest BCUT2D eigenvalue weighted by Gasteiger charge is -2.23. The molecule has 0 saturated carbocycles. The minimum atomic E-state index is -3.92. The van der Waals surface area contributed by atoms with Crippen LogP contribution in [-0.2, 0) is 16.4 Å². The van der Waals surface area contributed by atoms with Gasteiger partial charge in [0.2, 0.25) is 10.0 Å². The van der Waals surface area contributed by atoms with Gasteiger partial charge in [-0.05, 0) is 41.8 Å². The molecule has 1 aliphatic heterocycles. The molecule has 1 heterocycles. The first-order valence-electron chi connectivity index (χ1n) is 10.2. The van der Waals surface area contributed by atoms with Gasteiger partial charge in [0.25, 0.3) is 0 Å². The van der Waals surface area contributed by atoms with Gasteiger partial charge in [0.1, 0.15) is 29.6 Å². The molecule has 8 heteroatoms. The van der Waals surface area contributed by atoms with Crippen molar-refractivity contribution in [2.45, 2.75) is 17.4 Å². The molecule has 0 amide bonds. The smallest absolute Gasteiger partial charge is 0.244 e. The average molecular weight is 456 g/mol. The van der Waals surface area contributed by atoms with Crippen LogP contribution in [0.1, 0.15) is 17.2 Å². The van der Waals surface area contributed by atoms with Gasteiger partial charge in [-0.1, -0.05) is 36.4 Å². The standard InChI is InChI=1S/C24H25NO6S/c1-28-19-9-11-24(23(16-19)29-2)32(26,27)25-20(14-17-6-4-3-5-7-17)18-8-10-21-22(15-18)31-13-12-30-21/h3-11,15-16,20,25H,12-14H2,1-2H3. The van der Waals surface area contributed by atoms with Crippen LogP contribution in [-0.4, -0.2) is 35.9 Å². The number of hydrogen-bond acceptors (Lipinski definition) is 6. The van der Waals surface area contributed by atoms with E-state index in [2.05, 4.69) is 4.72 Å². The van der Waals surface area contributed by atoms with Gasteiger partial charge in [0.05, 0.1) is 20.3 Å². The van der Waals surface area contributed by atoms with Crippen LogP contribution in [0.15, 0.2) is 71.6 Å². The van der Waals surface area contributed by atoms with Crippen molar-refractivity contribution in [3.63, 3.8) is 0 Å². The van der Waals surface area contributed by atoms with Crippen molar-refractivity contribution >= 4 is 10.0 Å². The highest BCUT2D eigenvalue weighted by atomic mass is 32.2. The van der Waals surface area contributed by atoms with E-state index < -0.39 is 16.1 Å². The number of benzene rings is 3. The fourth-order valence-corrected chi connectivity index (χ4v) is 4.98. The second-order valence-electron chi connectivity index (χ2n) is 7.28. The molecule has 7 nitrogen and oxygen atoms in total. The second-order valence-corrected chi connectivity index (χ2v) is 8.97. The summed E-state index contributed by atoms with van der Waals surface area (Å²) in [5, 5.41) is 0. The van der Waals surface area contributed by atoms with Crippen LogP contribution in [0.4, 0.5) is 0 Å². The minimum absolute atomic E-state index is 0.0383. The monoisotopic (exact) mass is 455 g/mol. The molecule has 1 atom stereocenters. The summed E-state index contributed by atoms with van der Waals surface area (Å²) in [5.74, 6) is 1.97. The lowest BCUT2D eigenvalue weighted by atomic mass is 9.99. The number of methoxy groups -OCH3 is 2. The normalized spacial score (nSPS) is 13.9. The van der Waals surface area contributed by atoms with Crippen LogP contribution in [0, 0.1) is 0 Å². The average Bonchev–Trinajstić information content (AvgIpc) is 2.83. The van der Waals surface area contributed by atoms with Crippen molar-refractivity contribution < 1.29 is 27.4 Å². The van der Waals surface area contributed by atoms with E-state index in [-0.39, 0.29) is 10.6 Å². The van der Waals surface area contributed by atoms with E-state index in [9.17, 15) is 8.42 Å². The molecule has 1 N–H and O–H groups in total. The molecule has 3 aromatic carbocycles. The van der Waals surface area contributed by atoms with Crippen LogP contribution >= 0.6 is 0 Å². The molecule has 0 saturated heterocycles. The van der Waals surface area contributed by atoms with E-state index in [4.69, 9.17) is 18.9 Å². The fourth-order valence-electron chi connectivity index (χ4n) is 3.60. The largest absolute Gasteiger partial charge is 0.497 e. The minimum Gasteiger partial charge on any atom is -0.497 e. The van der Waals surface area contributed by atoms with E-state index in [0.717, 1.165) is 11.1 Å². The van der Waals surface area contributed by atoms with Crippen LogP contribution < -0.4 is 23.7 Å². The van der Waals surface area contributed by atoms with Gasteiger partial charge in [-0.3, -0.25) is 0 Å². The molecule has 0 radical (unpaired) electrons. The second kappa shape index (κ2) is 9.50. The lowest BCUT2D eigenvalue weighted by Crippen LogP contribution is -2.30. The number of ether oxygens (including phenoxy) is 4. The first kappa shape index (κ1) is 22.0. The molecule has 0 bridgehead atoms. The van der Waals surface area contributed by atoms with Gasteiger partial charge in [0.15, 0.2) is 11.5 Å². The Kier molecular flexibility index (Phi) is 6.53. The summed E-state index contributed by atoms with van der Waals surface area (Å²) in [7, 11) is -0.980. The molecule has 0 aliphatic carbocycles. The third-order valence-corrected chi connectivity index (χ3v) is 6.72. The Labute approximate surface area is 187 Å². The SMILES string of the molecule is COc1ccc(S(=O)(=O)NC(Cc2ccccc2)c2ccc3c(c2)OCCO3)c(OC)c1. The van der Waals surface area contributed by atoms with Crippen LogP contribution in [0.5, 0.6) is 23.0 Å². The van der Waals surface area contributed by atoms with Gasteiger partial charge in [0, 0.05) is 6.07 Å². The third kappa shape index (κ3) is 4.81. The van der Waals surface area contributed by atoms with Crippen molar-refractivity contribution in [1.82, 2.24) is 4.72 Å². The molecule has 4 rings (SSSR count). The maximum absolute atomic E-state index is 13.4. The molecule has 0 aromatic heterocycles. The Hall–Kier alpha value is -3.23. The summed E-state index contributed by atoms with van der Waals surface area (Å²) < 4.78 is 51.4. The van der Waals surface area contributed by atoms with Crippen molar-refractivity contribution in [2.75, 3.05) is 27.4 Å². The molecule has 1 aliphatic rings. The van der Waals surface area contributed by atoms with Crippen LogP contribution in [0.25, 0.3) is 0 Å². The van der Waals surface area contributed by atoms with E-state index in [1.54, 1.807) is 12.1 Å². The molecule has 32 heavy (non-hydrogen) atoms. The highest BCUT2D eigenvalue weighted by molar-refractivity contribution is 7.89. The maximum Gasteiger partial charge on any atom is 0.244 e. The van der Waals surface area contributed by atoms with Gasteiger partial charge in [-0.15, -0.1) is 0 Å². The van der Waals surface area contributed by atoms with Crippen LogP contribution in [0.3, 0.4) is 0 Å². The summed E-state index contributed by atoms with van der Waals surface area (Å²) in [4.78, 5) is 0.0383. The Morgan fingerprint density at radius 3 is 2.38 bits per heavy atom. The summed E-state index contributed by atoms with van der Waals surface area (Å²) in [5.41, 5.74) is 1.77. The Morgan fingerprint density at radius 1 is 0.906 bits per heavy atom. The Bertz CT molecular complexity index is 1180. The highest BCUT2D eigenvalue weighted by Gasteiger charge is 2.26. The zero-order chi connectivity index (χ0) is 22.6. The molecule has 3 aromatic rings. The molecule has 168 valence electrons. The zero-order valence-electron chi connectivity index (χ0n) is 17.9. The van der Waals surface area contributed by atoms with Crippen molar-refractivity contribution in [3.8, 4) is 23.0 Å². The lowest BCUT2D eigenvalue weighted by molar-refractivity contribution is 0.171. The van der Waals surface area contributed by atoms with Crippen molar-refractivity contribution in [1.29, 1.82) is 0 Å². The van der Waals surface area contributed by atoms with Gasteiger partial charge >= 0.3 is 0 Å². The highest BCUT2D eigenvalue weighted by Crippen LogP contribution is 2.35. The van der Waals surface area contributed by atoms with E-state index >= 15 is 0 Å². The summed E-state index contributed by atoms with van der Waals surface area (Å²) in [6.07, 6.45) is 0.457. The third-order valence-electron chi connectivity index (χ3n) is 5.21. The number of fused-ring (bicyclic) bond motifs is 1. The molecular weight excluding hydrogens is 430 g/mol. The predicted molar refractivity (Wildman–Crippen MR) is 120 cm³/mol. The Balaban J connectivity index is 1.70. The van der Waals surface area contributed by atoms with E-state index in [1.165, 1.54) is 20.3 Å². The summed E-state index contributed by atoms with van der Waals surface area (Å²) >= 11 is 0. The number of hydrogen-bond donors (Lipinski definition) is 1. The zero-order valence-corrected chi connectivity index (χ0v) is 18.7.